The molecule has 6 aromatic heterocycles. The molecule has 121 heavy (non-hydrogen) atoms. The molecular weight excluding hydrogens is 3000 g/mol. The van der Waals surface area contributed by atoms with Gasteiger partial charge in [0.1, 0.15) is 5.75 Å². The number of amides is 1. The second kappa shape index (κ2) is 45.6. The number of benzene rings is 6. The van der Waals surface area contributed by atoms with Crippen molar-refractivity contribution in [2.24, 2.45) is 0 Å². The number of aromatic hydroxyl groups is 1. The summed E-state index contributed by atoms with van der Waals surface area (Å²) in [6.45, 7) is 7.30. The number of nitrogens with two attached hydrogens (primary N) is 8. The molecule has 0 saturated heterocycles. The first-order chi connectivity index (χ1) is 57.8. The van der Waals surface area contributed by atoms with Crippen LogP contribution in [0.3, 0.4) is 0 Å². The Morgan fingerprint density at radius 3 is 0.876 bits per heavy atom. The van der Waals surface area contributed by atoms with Crippen molar-refractivity contribution in [2.75, 3.05) is 90.5 Å². The summed E-state index contributed by atoms with van der Waals surface area (Å²) in [6.07, 6.45) is 11.5. The number of nitrogen functional groups attached to an aromatic ring is 8. The monoisotopic (exact) mass is 3080 g/mol. The smallest absolute Gasteiger partial charge is 0.221 e. The summed E-state index contributed by atoms with van der Waals surface area (Å²) in [6, 6.07) is 32.0. The van der Waals surface area contributed by atoms with E-state index < -0.39 is 0 Å². The predicted octanol–water partition coefficient (Wildman–Crippen LogP) is 19.0. The number of nitrogens with one attached hydrogen (secondary N) is 7. The molecule has 6 unspecified atom stereocenters. The highest BCUT2D eigenvalue weighted by Crippen LogP contribution is 2.42. The number of carbonyl (C=O) groups excluding carboxylic acids is 1. The summed E-state index contributed by atoms with van der Waals surface area (Å²) >= 11 is 37.3. The number of phenols is 1. The van der Waals surface area contributed by atoms with Crippen molar-refractivity contribution in [1.82, 2.24) is 61.8 Å². The van der Waals surface area contributed by atoms with Gasteiger partial charge in [0.15, 0.2) is 30.8 Å². The number of halogens is 12. The number of carbonyl (C=O) groups is 1. The molecule has 12 heterocycles. The summed E-state index contributed by atoms with van der Waals surface area (Å²) in [5, 5.41) is 38.2. The van der Waals surface area contributed by atoms with Crippen LogP contribution in [-0.4, -0.2) is 80.2 Å². The van der Waals surface area contributed by atoms with Gasteiger partial charge in [-0.3, -0.25) is 4.79 Å². The number of fused-ring (bicyclic) bond motifs is 6. The van der Waals surface area contributed by atoms with Gasteiger partial charge in [-0.15, -0.1) is 68.0 Å². The minimum Gasteiger partial charge on any atom is -0.506 e. The number of hydrogen-bond donors (Lipinski definition) is 16. The van der Waals surface area contributed by atoms with Crippen molar-refractivity contribution >= 4 is 393 Å². The van der Waals surface area contributed by atoms with E-state index in [0.29, 0.717) is 60.7 Å². The van der Waals surface area contributed by atoms with Crippen LogP contribution in [0.5, 0.6) is 5.75 Å². The fourth-order valence-corrected chi connectivity index (χ4v) is 31.4. The third-order valence-electron chi connectivity index (χ3n) is 20.2. The van der Waals surface area contributed by atoms with Crippen LogP contribution in [0.15, 0.2) is 84.9 Å². The largest absolute Gasteiger partial charge is 0.506 e. The number of rotatable bonds is 13. The standard InChI is InChI=1S/C15H16I2N4OS.C13H12I3N3S.C13H14I2N4S.C13H13I2N3OS.C13H13I2N3S.C13H15IN4S/c1-7(22)20-13-9(16)4-8(5-10(13)17)6-12-14-11(2-3-19-12)21-15(18)23-14;2*14-7-3-6(4-8(15)11(7)16)5-10-12-9(1-2-18-10)19-13(17)20-12;14-7-3-6(4-8(15)11(7)19)5-10-12-9(1-2-17-10)18-13(16)20-12;14-8-3-7(4-9(15)6-8)5-11-12-10(1-2-17-11)18-13(16)19-12;14-8-5-7(1-2-9(8)15)6-11-12-10(3-4-17-11)18-13(16)19-12/h4-5,12,19H,2-3,6H2,1H3,(H2,18,21)(H,20,22);3-4,10,18H,1-2,5H2,(H2,17,19);3-4,10,18H,1-2,5,16H2,(H2,17,19);3-4,10,17,19H,1-2,5H2,(H2,16,18);3-4,6,11,17H,1-2,5H2,(H2,16,18);1-2,5,11,17H,3-4,6,15H2,(H2,16,18). The van der Waals surface area contributed by atoms with E-state index in [1.54, 1.807) is 68.0 Å². The number of nitrogens with zero attached hydrogens (tertiary/aromatic N) is 6. The molecule has 0 radical (unpaired) electrons. The van der Waals surface area contributed by atoms with Crippen LogP contribution in [0, 0.1) is 42.8 Å². The van der Waals surface area contributed by atoms with E-state index in [9.17, 15) is 9.90 Å². The lowest BCUT2D eigenvalue weighted by Crippen LogP contribution is -2.30. The third-order valence-corrected chi connectivity index (χ3v) is 38.6. The fourth-order valence-electron chi connectivity index (χ4n) is 14.8. The van der Waals surface area contributed by atoms with E-state index in [2.05, 4.69) is 405 Å². The van der Waals surface area contributed by atoms with Crippen LogP contribution in [0.1, 0.15) is 140 Å². The van der Waals surface area contributed by atoms with E-state index in [-0.39, 0.29) is 18.0 Å². The van der Waals surface area contributed by atoms with Gasteiger partial charge in [-0.05, 0) is 422 Å². The van der Waals surface area contributed by atoms with E-state index in [1.165, 1.54) is 98.8 Å². The zero-order valence-electron chi connectivity index (χ0n) is 64.4. The van der Waals surface area contributed by atoms with Crippen molar-refractivity contribution in [2.45, 2.75) is 120 Å². The first-order valence-corrected chi connectivity index (χ1v) is 55.8. The average Bonchev–Trinajstić information content (AvgIpc) is 1.64. The first kappa shape index (κ1) is 97.8. The number of phenolic OH excluding ortho intramolecular Hbond substituents is 1. The molecule has 6 atom stereocenters. The minimum atomic E-state index is -0.0488. The summed E-state index contributed by atoms with van der Waals surface area (Å²) in [4.78, 5) is 45.6. The van der Waals surface area contributed by atoms with Crippen LogP contribution in [0.4, 0.5) is 47.9 Å². The lowest BCUT2D eigenvalue weighted by molar-refractivity contribution is -0.114. The molecule has 6 aliphatic heterocycles. The van der Waals surface area contributed by atoms with Gasteiger partial charge >= 0.3 is 0 Å². The highest BCUT2D eigenvalue weighted by atomic mass is 127. The van der Waals surface area contributed by atoms with Gasteiger partial charge in [0.25, 0.3) is 0 Å². The van der Waals surface area contributed by atoms with Gasteiger partial charge in [-0.1, -0.05) is 6.07 Å². The van der Waals surface area contributed by atoms with Crippen molar-refractivity contribution in [3.8, 4) is 5.75 Å². The Bertz CT molecular complexity index is 5340. The normalized spacial score (nSPS) is 17.9. The van der Waals surface area contributed by atoms with Gasteiger partial charge < -0.3 is 88.2 Å². The Kier molecular flexibility index (Phi) is 36.9. The third kappa shape index (κ3) is 26.6. The van der Waals surface area contributed by atoms with E-state index >= 15 is 0 Å². The molecule has 23 nitrogen and oxygen atoms in total. The molecule has 24 N–H and O–H groups in total. The van der Waals surface area contributed by atoms with E-state index in [4.69, 9.17) is 45.9 Å². The van der Waals surface area contributed by atoms with Gasteiger partial charge in [-0.2, -0.15) is 0 Å². The van der Waals surface area contributed by atoms with Gasteiger partial charge in [-0.25, -0.2) is 29.9 Å². The minimum absolute atomic E-state index is 0.0488. The molecule has 640 valence electrons. The van der Waals surface area contributed by atoms with Crippen LogP contribution in [0.2, 0.25) is 0 Å². The number of thiazole rings is 6. The van der Waals surface area contributed by atoms with Gasteiger partial charge in [0.05, 0.1) is 52.7 Å². The molecule has 0 saturated carbocycles. The molecule has 41 heteroatoms. The summed E-state index contributed by atoms with van der Waals surface area (Å²) < 4.78 is 13.8. The number of hydrogen-bond acceptors (Lipinski definition) is 28. The topological polar surface area (TPSA) is 407 Å². The lowest BCUT2D eigenvalue weighted by atomic mass is 10.00. The molecule has 18 rings (SSSR count). The maximum Gasteiger partial charge on any atom is 0.221 e. The lowest BCUT2D eigenvalue weighted by Gasteiger charge is -2.23. The molecule has 12 aromatic rings. The van der Waals surface area contributed by atoms with Gasteiger partial charge in [0.2, 0.25) is 5.91 Å². The summed E-state index contributed by atoms with van der Waals surface area (Å²) in [5.41, 5.74) is 64.3. The molecule has 0 fully saturated rings. The Morgan fingerprint density at radius 1 is 0.347 bits per heavy atom. The molecule has 6 aromatic carbocycles. The van der Waals surface area contributed by atoms with Crippen LogP contribution in [-0.2, 0) is 81.8 Å². The highest BCUT2D eigenvalue weighted by molar-refractivity contribution is 14.1. The Morgan fingerprint density at radius 2 is 0.595 bits per heavy atom. The maximum absolute atomic E-state index is 11.3. The number of aromatic nitrogens is 6. The maximum atomic E-state index is 11.3. The SMILES string of the molecule is CC(=O)Nc1c(I)cc(CC2NCCc3nc(N)sc32)cc1I.Nc1nc2c(s1)C(Cc1cc(I)c(I)c(I)c1)NCC2.Nc1nc2c(s1)C(Cc1cc(I)c(N)c(I)c1)NCC2.Nc1nc2c(s1)C(Cc1cc(I)c(O)c(I)c1)NCC2.Nc1nc2c(s1)C(Cc1cc(I)cc(I)c1)NCC2.Nc1nc2c(s1)C(Cc1ccc(N)c(I)c1)NCC2. The van der Waals surface area contributed by atoms with Crippen LogP contribution < -0.4 is 83.1 Å². The van der Waals surface area contributed by atoms with Gasteiger partial charge in [0, 0.05) is 192 Å². The summed E-state index contributed by atoms with van der Waals surface area (Å²) in [7, 11) is 0. The zero-order chi connectivity index (χ0) is 86.2. The molecule has 0 bridgehead atoms. The second-order valence-corrected chi connectivity index (χ2v) is 49.4. The molecule has 1 amide bonds. The van der Waals surface area contributed by atoms with E-state index in [1.807, 2.05) is 18.2 Å². The van der Waals surface area contributed by atoms with E-state index in [0.717, 1.165) is 181 Å². The van der Waals surface area contributed by atoms with Crippen LogP contribution >= 0.6 is 339 Å². The van der Waals surface area contributed by atoms with Crippen molar-refractivity contribution in [3.63, 3.8) is 0 Å². The van der Waals surface area contributed by atoms with Crippen LogP contribution in [0.25, 0.3) is 0 Å². The molecule has 0 aliphatic carbocycles. The molecule has 0 spiro atoms. The van der Waals surface area contributed by atoms with Crippen molar-refractivity contribution in [3.05, 3.63) is 225 Å². The Hall–Kier alpha value is -0.710. The fraction of sp³-hybridized carbons (Fsp3) is 0.312. The summed E-state index contributed by atoms with van der Waals surface area (Å²) in [5.74, 6) is 0.321. The molecular formula is C80H83I12N21O2S6. The zero-order valence-corrected chi connectivity index (χ0v) is 95.2. The van der Waals surface area contributed by atoms with Crippen molar-refractivity contribution in [1.29, 1.82) is 0 Å². The first-order valence-electron chi connectivity index (χ1n) is 38.0. The quantitative estimate of drug-likeness (QED) is 0.0290. The highest BCUT2D eigenvalue weighted by Gasteiger charge is 2.31. The number of anilines is 9. The average molecular weight is 3090 g/mol. The Labute approximate surface area is 890 Å². The molecule has 6 aliphatic rings. The second-order valence-electron chi connectivity index (χ2n) is 28.9. The predicted molar refractivity (Wildman–Crippen MR) is 604 cm³/mol. The van der Waals surface area contributed by atoms with Crippen molar-refractivity contribution < 1.29 is 9.90 Å². The Balaban J connectivity index is 0.000000125.